The number of piperazine rings is 1. The SMILES string of the molecule is CCOC(=O)N1CCN(c2nc(C)cs2)CC1. The molecule has 2 rings (SSSR count). The first kappa shape index (κ1) is 12.2. The van der Waals surface area contributed by atoms with E-state index in [1.807, 2.05) is 19.2 Å². The second kappa shape index (κ2) is 5.35. The number of carbonyl (C=O) groups excluding carboxylic acids is 1. The van der Waals surface area contributed by atoms with Gasteiger partial charge in [-0.3, -0.25) is 0 Å². The number of ether oxygens (including phenoxy) is 1. The van der Waals surface area contributed by atoms with Gasteiger partial charge in [-0.1, -0.05) is 0 Å². The molecule has 94 valence electrons. The van der Waals surface area contributed by atoms with Crippen molar-refractivity contribution in [3.63, 3.8) is 0 Å². The largest absolute Gasteiger partial charge is 0.450 e. The molecule has 1 amide bonds. The summed E-state index contributed by atoms with van der Waals surface area (Å²) in [7, 11) is 0. The van der Waals surface area contributed by atoms with E-state index in [4.69, 9.17) is 4.74 Å². The van der Waals surface area contributed by atoms with E-state index in [2.05, 4.69) is 9.88 Å². The number of hydrogen-bond donors (Lipinski definition) is 0. The predicted octanol–water partition coefficient (Wildman–Crippen LogP) is 1.73. The minimum atomic E-state index is -0.206. The summed E-state index contributed by atoms with van der Waals surface area (Å²) >= 11 is 1.66. The van der Waals surface area contributed by atoms with Gasteiger partial charge in [0.05, 0.1) is 12.3 Å². The Morgan fingerprint density at radius 2 is 2.18 bits per heavy atom. The third kappa shape index (κ3) is 2.88. The molecule has 1 aromatic heterocycles. The summed E-state index contributed by atoms with van der Waals surface area (Å²) in [6, 6.07) is 0. The van der Waals surface area contributed by atoms with Gasteiger partial charge in [0.25, 0.3) is 0 Å². The molecule has 0 aliphatic carbocycles. The maximum Gasteiger partial charge on any atom is 0.409 e. The number of rotatable bonds is 2. The summed E-state index contributed by atoms with van der Waals surface area (Å²) in [5, 5.41) is 3.10. The van der Waals surface area contributed by atoms with Crippen molar-refractivity contribution in [3.8, 4) is 0 Å². The molecule has 0 saturated carbocycles. The molecule has 0 unspecified atom stereocenters. The first-order valence-corrected chi connectivity index (χ1v) is 6.67. The standard InChI is InChI=1S/C11H17N3O2S/c1-3-16-11(15)14-6-4-13(5-7-14)10-12-9(2)8-17-10/h8H,3-7H2,1-2H3. The van der Waals surface area contributed by atoms with E-state index < -0.39 is 0 Å². The number of amides is 1. The number of thiazole rings is 1. The van der Waals surface area contributed by atoms with Gasteiger partial charge < -0.3 is 14.5 Å². The van der Waals surface area contributed by atoms with Crippen LogP contribution in [0.5, 0.6) is 0 Å². The van der Waals surface area contributed by atoms with Gasteiger partial charge in [-0.15, -0.1) is 11.3 Å². The van der Waals surface area contributed by atoms with E-state index in [9.17, 15) is 4.79 Å². The van der Waals surface area contributed by atoms with Gasteiger partial charge in [0, 0.05) is 31.6 Å². The fraction of sp³-hybridized carbons (Fsp3) is 0.636. The summed E-state index contributed by atoms with van der Waals surface area (Å²) in [6.07, 6.45) is -0.206. The molecule has 5 nitrogen and oxygen atoms in total. The molecule has 1 aliphatic heterocycles. The molecule has 0 radical (unpaired) electrons. The molecule has 0 spiro atoms. The van der Waals surface area contributed by atoms with Crippen molar-refractivity contribution < 1.29 is 9.53 Å². The van der Waals surface area contributed by atoms with E-state index in [1.54, 1.807) is 16.2 Å². The van der Waals surface area contributed by atoms with Crippen molar-refractivity contribution in [2.24, 2.45) is 0 Å². The molecule has 0 aromatic carbocycles. The van der Waals surface area contributed by atoms with Gasteiger partial charge in [-0.2, -0.15) is 0 Å². The first-order chi connectivity index (χ1) is 8.20. The Kier molecular flexibility index (Phi) is 3.83. The van der Waals surface area contributed by atoms with Gasteiger partial charge in [-0.25, -0.2) is 9.78 Å². The molecule has 1 saturated heterocycles. The van der Waals surface area contributed by atoms with Crippen LogP contribution in [0.15, 0.2) is 5.38 Å². The predicted molar refractivity (Wildman–Crippen MR) is 67.7 cm³/mol. The number of anilines is 1. The number of nitrogens with zero attached hydrogens (tertiary/aromatic N) is 3. The van der Waals surface area contributed by atoms with E-state index in [-0.39, 0.29) is 6.09 Å². The molecule has 0 N–H and O–H groups in total. The Morgan fingerprint density at radius 1 is 1.47 bits per heavy atom. The lowest BCUT2D eigenvalue weighted by atomic mass is 10.3. The van der Waals surface area contributed by atoms with Crippen LogP contribution < -0.4 is 4.90 Å². The molecule has 17 heavy (non-hydrogen) atoms. The average molecular weight is 255 g/mol. The average Bonchev–Trinajstić information content (AvgIpc) is 2.76. The highest BCUT2D eigenvalue weighted by Gasteiger charge is 2.23. The number of hydrogen-bond acceptors (Lipinski definition) is 5. The van der Waals surface area contributed by atoms with Crippen LogP contribution >= 0.6 is 11.3 Å². The van der Waals surface area contributed by atoms with E-state index >= 15 is 0 Å². The van der Waals surface area contributed by atoms with Crippen molar-refractivity contribution in [1.29, 1.82) is 0 Å². The van der Waals surface area contributed by atoms with Crippen molar-refractivity contribution in [3.05, 3.63) is 11.1 Å². The maximum atomic E-state index is 11.5. The Labute approximate surface area is 105 Å². The fourth-order valence-electron chi connectivity index (χ4n) is 1.78. The van der Waals surface area contributed by atoms with Crippen LogP contribution in [0.25, 0.3) is 0 Å². The summed E-state index contributed by atoms with van der Waals surface area (Å²) in [5.74, 6) is 0. The number of carbonyl (C=O) groups is 1. The van der Waals surface area contributed by atoms with E-state index in [0.717, 1.165) is 23.9 Å². The lowest BCUT2D eigenvalue weighted by Gasteiger charge is -2.33. The normalized spacial score (nSPS) is 16.1. The molecular weight excluding hydrogens is 238 g/mol. The lowest BCUT2D eigenvalue weighted by molar-refractivity contribution is 0.105. The van der Waals surface area contributed by atoms with E-state index in [1.165, 1.54) is 0 Å². The minimum absolute atomic E-state index is 0.206. The summed E-state index contributed by atoms with van der Waals surface area (Å²) < 4.78 is 4.98. The van der Waals surface area contributed by atoms with Crippen LogP contribution in [0, 0.1) is 6.92 Å². The topological polar surface area (TPSA) is 45.7 Å². The minimum Gasteiger partial charge on any atom is -0.450 e. The molecule has 0 bridgehead atoms. The van der Waals surface area contributed by atoms with Crippen molar-refractivity contribution in [1.82, 2.24) is 9.88 Å². The van der Waals surface area contributed by atoms with Gasteiger partial charge in [0.15, 0.2) is 5.13 Å². The van der Waals surface area contributed by atoms with Crippen LogP contribution in [0.4, 0.5) is 9.93 Å². The molecule has 1 aliphatic rings. The van der Waals surface area contributed by atoms with Gasteiger partial charge in [0.2, 0.25) is 0 Å². The fourth-order valence-corrected chi connectivity index (χ4v) is 2.64. The van der Waals surface area contributed by atoms with Crippen LogP contribution in [0.3, 0.4) is 0 Å². The highest BCUT2D eigenvalue weighted by atomic mass is 32.1. The zero-order chi connectivity index (χ0) is 12.3. The molecule has 6 heteroatoms. The number of aryl methyl sites for hydroxylation is 1. The maximum absolute atomic E-state index is 11.5. The van der Waals surface area contributed by atoms with Crippen LogP contribution in [-0.4, -0.2) is 48.8 Å². The summed E-state index contributed by atoms with van der Waals surface area (Å²) in [6.45, 7) is 7.32. The van der Waals surface area contributed by atoms with Gasteiger partial charge in [0.1, 0.15) is 0 Å². The monoisotopic (exact) mass is 255 g/mol. The lowest BCUT2D eigenvalue weighted by Crippen LogP contribution is -2.49. The zero-order valence-electron chi connectivity index (χ0n) is 10.2. The van der Waals surface area contributed by atoms with Crippen LogP contribution in [-0.2, 0) is 4.74 Å². The highest BCUT2D eigenvalue weighted by Crippen LogP contribution is 2.21. The Hall–Kier alpha value is -1.30. The van der Waals surface area contributed by atoms with Crippen molar-refractivity contribution in [2.75, 3.05) is 37.7 Å². The van der Waals surface area contributed by atoms with Crippen LogP contribution in [0.1, 0.15) is 12.6 Å². The van der Waals surface area contributed by atoms with Gasteiger partial charge in [-0.05, 0) is 13.8 Å². The Morgan fingerprint density at radius 3 is 2.71 bits per heavy atom. The number of aromatic nitrogens is 1. The third-order valence-electron chi connectivity index (χ3n) is 2.68. The smallest absolute Gasteiger partial charge is 0.409 e. The molecule has 0 atom stereocenters. The van der Waals surface area contributed by atoms with Gasteiger partial charge >= 0.3 is 6.09 Å². The molecular formula is C11H17N3O2S. The molecule has 1 fully saturated rings. The molecule has 2 heterocycles. The second-order valence-corrected chi connectivity index (χ2v) is 4.78. The highest BCUT2D eigenvalue weighted by molar-refractivity contribution is 7.13. The Balaban J connectivity index is 1.88. The zero-order valence-corrected chi connectivity index (χ0v) is 11.0. The second-order valence-electron chi connectivity index (χ2n) is 3.94. The molecule has 1 aromatic rings. The van der Waals surface area contributed by atoms with Crippen molar-refractivity contribution in [2.45, 2.75) is 13.8 Å². The van der Waals surface area contributed by atoms with E-state index in [0.29, 0.717) is 19.7 Å². The van der Waals surface area contributed by atoms with Crippen molar-refractivity contribution >= 4 is 22.6 Å². The first-order valence-electron chi connectivity index (χ1n) is 5.79. The Bertz CT molecular complexity index is 386. The summed E-state index contributed by atoms with van der Waals surface area (Å²) in [4.78, 5) is 19.9. The van der Waals surface area contributed by atoms with Crippen LogP contribution in [0.2, 0.25) is 0 Å². The third-order valence-corrected chi connectivity index (χ3v) is 3.70. The quantitative estimate of drug-likeness (QED) is 0.807. The summed E-state index contributed by atoms with van der Waals surface area (Å²) in [5.41, 5.74) is 1.05.